The summed E-state index contributed by atoms with van der Waals surface area (Å²) in [6.07, 6.45) is 6.79. The lowest BCUT2D eigenvalue weighted by Crippen LogP contribution is -2.16. The Morgan fingerprint density at radius 3 is 2.69 bits per heavy atom. The highest BCUT2D eigenvalue weighted by Crippen LogP contribution is 2.29. The van der Waals surface area contributed by atoms with Gasteiger partial charge in [-0.05, 0) is 24.0 Å². The van der Waals surface area contributed by atoms with Crippen LogP contribution in [0.5, 0.6) is 0 Å². The molecule has 1 aliphatic carbocycles. The van der Waals surface area contributed by atoms with Crippen LogP contribution < -0.4 is 0 Å². The molecule has 1 atom stereocenters. The van der Waals surface area contributed by atoms with E-state index in [2.05, 4.69) is 19.6 Å². The van der Waals surface area contributed by atoms with Crippen LogP contribution in [0.4, 0.5) is 0 Å². The molecule has 0 aromatic rings. The van der Waals surface area contributed by atoms with E-state index in [-0.39, 0.29) is 0 Å². The Morgan fingerprint density at radius 2 is 2.23 bits per heavy atom. The number of ether oxygens (including phenoxy) is 1. The molecule has 0 aromatic heterocycles. The van der Waals surface area contributed by atoms with E-state index < -0.39 is 0 Å². The molecule has 1 rings (SSSR count). The van der Waals surface area contributed by atoms with Crippen molar-refractivity contribution in [1.82, 2.24) is 0 Å². The van der Waals surface area contributed by atoms with Gasteiger partial charge in [0.15, 0.2) is 0 Å². The van der Waals surface area contributed by atoms with Gasteiger partial charge in [0.2, 0.25) is 0 Å². The van der Waals surface area contributed by atoms with Crippen molar-refractivity contribution in [3.8, 4) is 0 Å². The first-order valence-corrected chi connectivity index (χ1v) is 6.18. The first kappa shape index (κ1) is 11.4. The standard InChI is InChI=1S/C11H22OS/c1-2-10(9-13)8-12-7-6-11-4-3-5-11/h10-11,13H,2-9H2,1H3. The van der Waals surface area contributed by atoms with Gasteiger partial charge >= 0.3 is 0 Å². The zero-order valence-electron chi connectivity index (χ0n) is 8.67. The molecule has 2 heteroatoms. The molecule has 0 aliphatic heterocycles. The van der Waals surface area contributed by atoms with Crippen LogP contribution in [0.3, 0.4) is 0 Å². The molecule has 0 heterocycles. The molecule has 1 nitrogen and oxygen atoms in total. The van der Waals surface area contributed by atoms with E-state index in [1.54, 1.807) is 0 Å². The van der Waals surface area contributed by atoms with Gasteiger partial charge in [0.1, 0.15) is 0 Å². The van der Waals surface area contributed by atoms with Crippen LogP contribution >= 0.6 is 12.6 Å². The molecule has 0 bridgehead atoms. The van der Waals surface area contributed by atoms with Crippen molar-refractivity contribution in [3.63, 3.8) is 0 Å². The fourth-order valence-corrected chi connectivity index (χ4v) is 1.94. The average molecular weight is 202 g/mol. The van der Waals surface area contributed by atoms with E-state index in [1.165, 1.54) is 32.1 Å². The summed E-state index contributed by atoms with van der Waals surface area (Å²) in [5.74, 6) is 2.60. The topological polar surface area (TPSA) is 9.23 Å². The van der Waals surface area contributed by atoms with Gasteiger partial charge in [0.25, 0.3) is 0 Å². The molecule has 1 fully saturated rings. The van der Waals surface area contributed by atoms with Crippen LogP contribution in [0.15, 0.2) is 0 Å². The van der Waals surface area contributed by atoms with E-state index in [4.69, 9.17) is 4.74 Å². The molecule has 13 heavy (non-hydrogen) atoms. The van der Waals surface area contributed by atoms with Crippen LogP contribution in [0.2, 0.25) is 0 Å². The minimum atomic E-state index is 0.657. The zero-order chi connectivity index (χ0) is 9.52. The average Bonchev–Trinajstić information content (AvgIpc) is 2.08. The second-order valence-corrected chi connectivity index (χ2v) is 4.48. The van der Waals surface area contributed by atoms with Gasteiger partial charge in [-0.2, -0.15) is 12.6 Å². The van der Waals surface area contributed by atoms with Crippen molar-refractivity contribution in [1.29, 1.82) is 0 Å². The van der Waals surface area contributed by atoms with Gasteiger partial charge in [-0.1, -0.05) is 32.6 Å². The van der Waals surface area contributed by atoms with Crippen molar-refractivity contribution in [2.45, 2.75) is 39.0 Å². The summed E-state index contributed by atoms with van der Waals surface area (Å²) in [5.41, 5.74) is 0. The number of thiol groups is 1. The summed E-state index contributed by atoms with van der Waals surface area (Å²) in [4.78, 5) is 0. The Kier molecular flexibility index (Phi) is 5.88. The van der Waals surface area contributed by atoms with Crippen molar-refractivity contribution in [3.05, 3.63) is 0 Å². The highest BCUT2D eigenvalue weighted by atomic mass is 32.1. The highest BCUT2D eigenvalue weighted by Gasteiger charge is 2.16. The molecule has 0 N–H and O–H groups in total. The lowest BCUT2D eigenvalue weighted by atomic mass is 9.83. The first-order chi connectivity index (χ1) is 6.36. The molecule has 1 aliphatic rings. The molecular formula is C11H22OS. The van der Waals surface area contributed by atoms with E-state index in [1.807, 2.05) is 0 Å². The van der Waals surface area contributed by atoms with E-state index >= 15 is 0 Å². The van der Waals surface area contributed by atoms with Crippen molar-refractivity contribution in [2.75, 3.05) is 19.0 Å². The third kappa shape index (κ3) is 4.37. The summed E-state index contributed by atoms with van der Waals surface area (Å²) in [7, 11) is 0. The summed E-state index contributed by atoms with van der Waals surface area (Å²) in [6, 6.07) is 0. The summed E-state index contributed by atoms with van der Waals surface area (Å²) < 4.78 is 5.64. The Balaban J connectivity index is 1.87. The van der Waals surface area contributed by atoms with Crippen molar-refractivity contribution < 1.29 is 4.74 Å². The van der Waals surface area contributed by atoms with E-state index in [0.29, 0.717) is 5.92 Å². The number of rotatable bonds is 7. The molecule has 78 valence electrons. The predicted octanol–water partition coefficient (Wildman–Crippen LogP) is 3.15. The van der Waals surface area contributed by atoms with Gasteiger partial charge in [0, 0.05) is 6.61 Å². The maximum atomic E-state index is 5.64. The number of hydrogen-bond acceptors (Lipinski definition) is 2. The molecule has 1 saturated carbocycles. The van der Waals surface area contributed by atoms with Gasteiger partial charge in [-0.3, -0.25) is 0 Å². The predicted molar refractivity (Wildman–Crippen MR) is 60.4 cm³/mol. The maximum absolute atomic E-state index is 5.64. The smallest absolute Gasteiger partial charge is 0.0501 e. The molecule has 0 saturated heterocycles. The van der Waals surface area contributed by atoms with Crippen molar-refractivity contribution in [2.24, 2.45) is 11.8 Å². The van der Waals surface area contributed by atoms with Gasteiger partial charge in [-0.15, -0.1) is 0 Å². The van der Waals surface area contributed by atoms with E-state index in [9.17, 15) is 0 Å². The lowest BCUT2D eigenvalue weighted by Gasteiger charge is -2.25. The maximum Gasteiger partial charge on any atom is 0.0501 e. The lowest BCUT2D eigenvalue weighted by molar-refractivity contribution is 0.0836. The second-order valence-electron chi connectivity index (χ2n) is 4.12. The normalized spacial score (nSPS) is 19.8. The third-order valence-corrected chi connectivity index (χ3v) is 3.60. The Morgan fingerprint density at radius 1 is 1.46 bits per heavy atom. The Labute approximate surface area is 87.7 Å². The highest BCUT2D eigenvalue weighted by molar-refractivity contribution is 7.80. The summed E-state index contributed by atoms with van der Waals surface area (Å²) in [6.45, 7) is 4.08. The van der Waals surface area contributed by atoms with E-state index in [0.717, 1.165) is 24.9 Å². The van der Waals surface area contributed by atoms with Gasteiger partial charge in [0.05, 0.1) is 6.61 Å². The molecule has 0 spiro atoms. The Hall–Kier alpha value is 0.310. The minimum absolute atomic E-state index is 0.657. The quantitative estimate of drug-likeness (QED) is 0.493. The summed E-state index contributed by atoms with van der Waals surface area (Å²) >= 11 is 4.29. The van der Waals surface area contributed by atoms with Crippen LogP contribution in [-0.2, 0) is 4.74 Å². The first-order valence-electron chi connectivity index (χ1n) is 5.55. The zero-order valence-corrected chi connectivity index (χ0v) is 9.56. The van der Waals surface area contributed by atoms with Crippen molar-refractivity contribution >= 4 is 12.6 Å². The number of hydrogen-bond donors (Lipinski definition) is 1. The molecule has 1 unspecified atom stereocenters. The minimum Gasteiger partial charge on any atom is -0.381 e. The van der Waals surface area contributed by atoms with Gasteiger partial charge < -0.3 is 4.74 Å². The molecular weight excluding hydrogens is 180 g/mol. The fourth-order valence-electron chi connectivity index (χ4n) is 1.58. The van der Waals surface area contributed by atoms with Gasteiger partial charge in [-0.25, -0.2) is 0 Å². The summed E-state index contributed by atoms with van der Waals surface area (Å²) in [5, 5.41) is 0. The fraction of sp³-hybridized carbons (Fsp3) is 1.00. The largest absolute Gasteiger partial charge is 0.381 e. The molecule has 0 aromatic carbocycles. The van der Waals surface area contributed by atoms with Crippen LogP contribution in [0.25, 0.3) is 0 Å². The van der Waals surface area contributed by atoms with Crippen LogP contribution in [-0.4, -0.2) is 19.0 Å². The van der Waals surface area contributed by atoms with Crippen LogP contribution in [0.1, 0.15) is 39.0 Å². The third-order valence-electron chi connectivity index (χ3n) is 3.08. The Bertz CT molecular complexity index is 119. The SMILES string of the molecule is CCC(CS)COCCC1CCC1. The molecule has 0 amide bonds. The molecule has 0 radical (unpaired) electrons. The second kappa shape index (κ2) is 6.72. The monoisotopic (exact) mass is 202 g/mol. The van der Waals surface area contributed by atoms with Crippen LogP contribution in [0, 0.1) is 11.8 Å².